The van der Waals surface area contributed by atoms with E-state index in [0.717, 1.165) is 25.7 Å². The van der Waals surface area contributed by atoms with Crippen LogP contribution in [-0.2, 0) is 49.0 Å². The first-order chi connectivity index (χ1) is 13.7. The second-order valence-corrected chi connectivity index (χ2v) is 6.98. The topological polar surface area (TPSA) is 0 Å². The van der Waals surface area contributed by atoms with Crippen molar-refractivity contribution in [1.82, 2.24) is 0 Å². The Morgan fingerprint density at radius 1 is 0.625 bits per heavy atom. The molecular formula is C28H38Cl2SiZr-4. The summed E-state index contributed by atoms with van der Waals surface area (Å²) < 4.78 is 0. The average Bonchev–Trinajstić information content (AvgIpc) is 3.38. The molecule has 0 spiro atoms. The molecule has 32 heavy (non-hydrogen) atoms. The average molecular weight is 565 g/mol. The van der Waals surface area contributed by atoms with Crippen LogP contribution in [0.4, 0.5) is 0 Å². The van der Waals surface area contributed by atoms with Crippen molar-refractivity contribution in [2.75, 3.05) is 0 Å². The van der Waals surface area contributed by atoms with Crippen LogP contribution in [0.3, 0.4) is 0 Å². The van der Waals surface area contributed by atoms with Crippen LogP contribution in [0.15, 0.2) is 60.7 Å². The van der Waals surface area contributed by atoms with Gasteiger partial charge in [-0.05, 0) is 25.7 Å². The zero-order chi connectivity index (χ0) is 20.5. The van der Waals surface area contributed by atoms with Crippen LogP contribution in [-0.4, -0.2) is 6.88 Å². The molecule has 4 aromatic carbocycles. The number of benzene rings is 2. The Hall–Kier alpha value is -0.660. The summed E-state index contributed by atoms with van der Waals surface area (Å²) in [5, 5.41) is 5.69. The minimum absolute atomic E-state index is 0. The summed E-state index contributed by atoms with van der Waals surface area (Å²) in [6, 6.07) is 22.4. The van der Waals surface area contributed by atoms with Gasteiger partial charge < -0.3 is 14.9 Å². The third-order valence-corrected chi connectivity index (χ3v) is 5.38. The molecule has 0 bridgehead atoms. The van der Waals surface area contributed by atoms with Crippen LogP contribution in [0, 0.1) is 14.9 Å². The Morgan fingerprint density at radius 3 is 1.25 bits per heavy atom. The van der Waals surface area contributed by atoms with Gasteiger partial charge in [0.25, 0.3) is 0 Å². The Kier molecular flexibility index (Phi) is 21.0. The summed E-state index contributed by atoms with van der Waals surface area (Å²) >= 11 is 1.36. The zero-order valence-electron chi connectivity index (χ0n) is 20.4. The Bertz CT molecular complexity index is 935. The fourth-order valence-electron chi connectivity index (χ4n) is 3.75. The zero-order valence-corrected chi connectivity index (χ0v) is 25.5. The van der Waals surface area contributed by atoms with Crippen LogP contribution in [0.1, 0.15) is 49.9 Å². The van der Waals surface area contributed by atoms with Crippen molar-refractivity contribution in [3.8, 4) is 0 Å². The van der Waals surface area contributed by atoms with Gasteiger partial charge >= 0.3 is 30.2 Å². The third kappa shape index (κ3) is 8.94. The molecule has 0 fully saturated rings. The van der Waals surface area contributed by atoms with Crippen LogP contribution in [0.25, 0.3) is 21.5 Å². The van der Waals surface area contributed by atoms with E-state index in [0.29, 0.717) is 0 Å². The fourth-order valence-corrected chi connectivity index (χ4v) is 3.75. The number of fused-ring (bicyclic) bond motifs is 2. The quantitative estimate of drug-likeness (QED) is 0.172. The third-order valence-electron chi connectivity index (χ3n) is 5.38. The second-order valence-electron chi connectivity index (χ2n) is 6.98. The standard InChI is InChI=1S/2C13H15.2CH3.2ClH.Si.Zr/c2*1-3-10-8-12-7-5-6-11(4-2)13(12)9-10;;;;;;/h2*5-9H,3-4H2,1-2H3;2*1H3;2*1H;;/q4*-1;;;;. The molecule has 4 heteroatoms. The molecule has 4 rings (SSSR count). The summed E-state index contributed by atoms with van der Waals surface area (Å²) in [7, 11) is 0. The van der Waals surface area contributed by atoms with Gasteiger partial charge in [0.15, 0.2) is 0 Å². The first-order valence-electron chi connectivity index (χ1n) is 10.3. The molecule has 0 aromatic heterocycles. The summed E-state index contributed by atoms with van der Waals surface area (Å²) in [6.45, 7) is 11.9. The van der Waals surface area contributed by atoms with Crippen LogP contribution in [0.2, 0.25) is 0 Å². The second kappa shape index (κ2) is 18.7. The van der Waals surface area contributed by atoms with Crippen molar-refractivity contribution in [1.29, 1.82) is 0 Å². The SMILES string of the molecule is CCc1cc2c(CC)cccc2[cH-]1.CCc1cc2c(CC)cccc2[cH-]1.Cl.Cl.[CH3-].[CH3-].[Si]=[Zr]. The molecule has 0 saturated heterocycles. The molecule has 0 atom stereocenters. The molecule has 0 nitrogen and oxygen atoms in total. The van der Waals surface area contributed by atoms with E-state index < -0.39 is 0 Å². The normalized spacial score (nSPS) is 8.97. The van der Waals surface area contributed by atoms with Crippen molar-refractivity contribution in [3.05, 3.63) is 97.8 Å². The number of hydrogen-bond acceptors (Lipinski definition) is 0. The van der Waals surface area contributed by atoms with Gasteiger partial charge in [0, 0.05) is 0 Å². The monoisotopic (exact) mass is 562 g/mol. The first-order valence-corrected chi connectivity index (χ1v) is 14.5. The molecule has 0 amide bonds. The summed E-state index contributed by atoms with van der Waals surface area (Å²) in [5.41, 5.74) is 5.85. The van der Waals surface area contributed by atoms with Gasteiger partial charge in [-0.2, -0.15) is 12.1 Å². The summed E-state index contributed by atoms with van der Waals surface area (Å²) in [5.74, 6) is 0. The van der Waals surface area contributed by atoms with Crippen molar-refractivity contribution < 1.29 is 23.3 Å². The van der Waals surface area contributed by atoms with Gasteiger partial charge in [-0.25, -0.2) is 0 Å². The van der Waals surface area contributed by atoms with E-state index in [4.69, 9.17) is 0 Å². The molecule has 176 valence electrons. The minimum atomic E-state index is 0. The van der Waals surface area contributed by atoms with Gasteiger partial charge in [0.2, 0.25) is 0 Å². The fraction of sp³-hybridized carbons (Fsp3) is 0.286. The van der Waals surface area contributed by atoms with Gasteiger partial charge in [0.1, 0.15) is 0 Å². The first kappa shape index (κ1) is 35.9. The van der Waals surface area contributed by atoms with E-state index >= 15 is 0 Å². The van der Waals surface area contributed by atoms with Crippen molar-refractivity contribution in [3.63, 3.8) is 0 Å². The molecule has 0 heterocycles. The van der Waals surface area contributed by atoms with Crippen LogP contribution < -0.4 is 0 Å². The molecule has 0 aliphatic rings. The van der Waals surface area contributed by atoms with Gasteiger partial charge in [0.05, 0.1) is 0 Å². The Morgan fingerprint density at radius 2 is 0.969 bits per heavy atom. The van der Waals surface area contributed by atoms with E-state index in [9.17, 15) is 0 Å². The maximum absolute atomic E-state index is 3.06. The molecule has 0 unspecified atom stereocenters. The van der Waals surface area contributed by atoms with E-state index in [1.807, 2.05) is 0 Å². The summed E-state index contributed by atoms with van der Waals surface area (Å²) in [4.78, 5) is 0. The van der Waals surface area contributed by atoms with Crippen LogP contribution in [0.5, 0.6) is 0 Å². The van der Waals surface area contributed by atoms with E-state index in [1.54, 1.807) is 0 Å². The van der Waals surface area contributed by atoms with Gasteiger partial charge in [-0.3, -0.25) is 0 Å². The number of hydrogen-bond donors (Lipinski definition) is 0. The van der Waals surface area contributed by atoms with E-state index in [2.05, 4.69) is 95.2 Å². The molecular weight excluding hydrogens is 527 g/mol. The predicted octanol–water partition coefficient (Wildman–Crippen LogP) is 8.73. The van der Waals surface area contributed by atoms with Gasteiger partial charge in [-0.15, -0.1) is 93.9 Å². The molecule has 4 aromatic rings. The van der Waals surface area contributed by atoms with E-state index in [1.165, 1.54) is 67.1 Å². The molecule has 0 saturated carbocycles. The molecule has 2 radical (unpaired) electrons. The van der Waals surface area contributed by atoms with E-state index in [-0.39, 0.29) is 39.7 Å². The van der Waals surface area contributed by atoms with Gasteiger partial charge in [-0.1, -0.05) is 51.0 Å². The maximum atomic E-state index is 3.06. The van der Waals surface area contributed by atoms with Crippen molar-refractivity contribution in [2.45, 2.75) is 53.4 Å². The summed E-state index contributed by atoms with van der Waals surface area (Å²) in [6.07, 6.45) is 4.53. The number of halogens is 2. The number of aryl methyl sites for hydroxylation is 4. The Balaban J connectivity index is -0.000000437. The van der Waals surface area contributed by atoms with Crippen molar-refractivity contribution in [2.24, 2.45) is 0 Å². The molecule has 0 aliphatic heterocycles. The predicted molar refractivity (Wildman–Crippen MR) is 150 cm³/mol. The Labute approximate surface area is 226 Å². The molecule has 0 aliphatic carbocycles. The number of rotatable bonds is 4. The van der Waals surface area contributed by atoms with Crippen molar-refractivity contribution >= 4 is 53.2 Å². The van der Waals surface area contributed by atoms with Crippen LogP contribution >= 0.6 is 24.8 Å². The molecule has 0 N–H and O–H groups in total.